The van der Waals surface area contributed by atoms with Gasteiger partial charge in [0.15, 0.2) is 6.29 Å². The minimum Gasteiger partial charge on any atom is -0.394 e. The van der Waals surface area contributed by atoms with Crippen molar-refractivity contribution in [1.29, 1.82) is 0 Å². The van der Waals surface area contributed by atoms with Gasteiger partial charge in [-0.1, -0.05) is 46.3 Å². The average Bonchev–Trinajstić information content (AvgIpc) is 3.32. The summed E-state index contributed by atoms with van der Waals surface area (Å²) in [4.78, 5) is 0. The van der Waals surface area contributed by atoms with Crippen LogP contribution < -0.4 is 0 Å². The van der Waals surface area contributed by atoms with Crippen LogP contribution in [0.15, 0.2) is 11.6 Å². The number of hydrogen-bond acceptors (Lipinski definition) is 8. The minimum absolute atomic E-state index is 0.0231. The van der Waals surface area contributed by atoms with Crippen molar-refractivity contribution in [3.63, 3.8) is 0 Å². The fourth-order valence-electron chi connectivity index (χ4n) is 11.9. The van der Waals surface area contributed by atoms with Crippen LogP contribution in [0.25, 0.3) is 0 Å². The van der Waals surface area contributed by atoms with Gasteiger partial charge < -0.3 is 40.1 Å². The van der Waals surface area contributed by atoms with Crippen molar-refractivity contribution < 1.29 is 40.1 Å². The lowest BCUT2D eigenvalue weighted by atomic mass is 9.35. The van der Waals surface area contributed by atoms with Crippen LogP contribution in [0.1, 0.15) is 113 Å². The van der Waals surface area contributed by atoms with E-state index >= 15 is 0 Å². The Morgan fingerprint density at radius 1 is 0.886 bits per heavy atom. The van der Waals surface area contributed by atoms with Crippen molar-refractivity contribution in [2.75, 3.05) is 6.61 Å². The zero-order chi connectivity index (χ0) is 32.6. The van der Waals surface area contributed by atoms with Crippen molar-refractivity contribution in [3.05, 3.63) is 11.6 Å². The lowest BCUT2D eigenvalue weighted by Crippen LogP contribution is -2.67. The summed E-state index contributed by atoms with van der Waals surface area (Å²) < 4.78 is 12.2. The fourth-order valence-corrected chi connectivity index (χ4v) is 11.9. The topological polar surface area (TPSA) is 140 Å². The fraction of sp³-hybridized carbons (Fsp3) is 0.944. The molecule has 0 amide bonds. The van der Waals surface area contributed by atoms with Crippen LogP contribution in [0.2, 0.25) is 0 Å². The van der Waals surface area contributed by atoms with E-state index in [2.05, 4.69) is 54.5 Å². The Bertz CT molecular complexity index is 1070. The summed E-state index contributed by atoms with van der Waals surface area (Å²) >= 11 is 0. The van der Waals surface area contributed by atoms with Gasteiger partial charge >= 0.3 is 0 Å². The van der Waals surface area contributed by atoms with Crippen LogP contribution in [-0.2, 0) is 9.47 Å². The first kappa shape index (κ1) is 34.7. The van der Waals surface area contributed by atoms with Crippen molar-refractivity contribution in [3.8, 4) is 0 Å². The standard InChI is InChI=1S/C36H62O8/c1-20(2)10-9-14-36(8,42)21-11-16-35(7)27(21)22(38)18-25-33(5)15-13-26(32(3,4)24(33)12-17-34(25,35)6)44-31-30(41)29(40)28(39)23(19-37)43-31/h10,21-31,37-42H,9,11-19H2,1-8H3/t21-,22+,23+,24-,25+,26-,27-,28+,29-,30+,31-,33-,34+,35+,36?/m0/s1. The van der Waals surface area contributed by atoms with E-state index in [-0.39, 0.29) is 39.6 Å². The van der Waals surface area contributed by atoms with Gasteiger partial charge in [-0.2, -0.15) is 0 Å². The highest BCUT2D eigenvalue weighted by molar-refractivity contribution is 5.20. The molecule has 1 unspecified atom stereocenters. The molecule has 5 fully saturated rings. The highest BCUT2D eigenvalue weighted by atomic mass is 16.7. The molecule has 0 spiro atoms. The maximum Gasteiger partial charge on any atom is 0.186 e. The van der Waals surface area contributed by atoms with Crippen molar-refractivity contribution in [2.24, 2.45) is 45.3 Å². The molecule has 5 aliphatic rings. The number of fused-ring (bicyclic) bond motifs is 5. The van der Waals surface area contributed by atoms with Crippen molar-refractivity contribution in [1.82, 2.24) is 0 Å². The maximum absolute atomic E-state index is 12.0. The molecule has 5 rings (SSSR count). The molecule has 1 aliphatic heterocycles. The molecule has 0 aromatic carbocycles. The summed E-state index contributed by atoms with van der Waals surface area (Å²) in [6.45, 7) is 17.5. The molecule has 0 aromatic rings. The lowest BCUT2D eigenvalue weighted by Gasteiger charge is -2.70. The van der Waals surface area contributed by atoms with E-state index in [0.29, 0.717) is 18.3 Å². The van der Waals surface area contributed by atoms with E-state index < -0.39 is 49.0 Å². The summed E-state index contributed by atoms with van der Waals surface area (Å²) in [5, 5.41) is 64.8. The molecule has 4 saturated carbocycles. The highest BCUT2D eigenvalue weighted by Gasteiger charge is 2.71. The molecule has 44 heavy (non-hydrogen) atoms. The van der Waals surface area contributed by atoms with E-state index in [1.165, 1.54) is 5.57 Å². The van der Waals surface area contributed by atoms with Gasteiger partial charge in [-0.05, 0) is 124 Å². The average molecular weight is 623 g/mol. The summed E-state index contributed by atoms with van der Waals surface area (Å²) in [7, 11) is 0. The van der Waals surface area contributed by atoms with Crippen LogP contribution >= 0.6 is 0 Å². The van der Waals surface area contributed by atoms with Crippen molar-refractivity contribution in [2.45, 2.75) is 162 Å². The zero-order valence-corrected chi connectivity index (χ0v) is 28.5. The summed E-state index contributed by atoms with van der Waals surface area (Å²) in [6, 6.07) is 0. The molecule has 4 aliphatic carbocycles. The molecule has 0 aromatic heterocycles. The van der Waals surface area contributed by atoms with E-state index in [9.17, 15) is 30.6 Å². The Morgan fingerprint density at radius 3 is 2.18 bits per heavy atom. The molecule has 8 nitrogen and oxygen atoms in total. The second-order valence-electron chi connectivity index (χ2n) is 17.3. The summed E-state index contributed by atoms with van der Waals surface area (Å²) in [5.41, 5.74) is 0.122. The number of hydrogen-bond donors (Lipinski definition) is 6. The Kier molecular flexibility index (Phi) is 9.35. The molecular weight excluding hydrogens is 560 g/mol. The number of ether oxygens (including phenoxy) is 2. The van der Waals surface area contributed by atoms with Gasteiger partial charge in [-0.15, -0.1) is 0 Å². The molecule has 6 N–H and O–H groups in total. The van der Waals surface area contributed by atoms with Crippen molar-refractivity contribution >= 4 is 0 Å². The molecule has 1 heterocycles. The molecule has 8 heteroatoms. The van der Waals surface area contributed by atoms with Gasteiger partial charge in [0.25, 0.3) is 0 Å². The Labute approximate surface area is 265 Å². The zero-order valence-electron chi connectivity index (χ0n) is 28.5. The molecule has 254 valence electrons. The first-order chi connectivity index (χ1) is 20.3. The third-order valence-electron chi connectivity index (χ3n) is 14.5. The smallest absolute Gasteiger partial charge is 0.186 e. The van der Waals surface area contributed by atoms with Crippen LogP contribution in [-0.4, -0.2) is 85.8 Å². The second kappa shape index (κ2) is 11.8. The number of rotatable bonds is 7. The van der Waals surface area contributed by atoms with Crippen LogP contribution in [0.4, 0.5) is 0 Å². The maximum atomic E-state index is 12.0. The van der Waals surface area contributed by atoms with E-state index in [0.717, 1.165) is 51.4 Å². The van der Waals surface area contributed by atoms with E-state index in [1.54, 1.807) is 0 Å². The van der Waals surface area contributed by atoms with Gasteiger partial charge in [0.05, 0.1) is 24.4 Å². The molecule has 0 bridgehead atoms. The monoisotopic (exact) mass is 622 g/mol. The quantitative estimate of drug-likeness (QED) is 0.182. The lowest BCUT2D eigenvalue weighted by molar-refractivity contribution is -0.332. The predicted molar refractivity (Wildman–Crippen MR) is 168 cm³/mol. The van der Waals surface area contributed by atoms with Gasteiger partial charge in [0.2, 0.25) is 0 Å². The van der Waals surface area contributed by atoms with Crippen LogP contribution in [0.3, 0.4) is 0 Å². The molecular formula is C36H62O8. The summed E-state index contributed by atoms with van der Waals surface area (Å²) in [5.74, 6) is 0.792. The molecule has 1 saturated heterocycles. The first-order valence-corrected chi connectivity index (χ1v) is 17.3. The first-order valence-electron chi connectivity index (χ1n) is 17.3. The largest absolute Gasteiger partial charge is 0.394 e. The molecule has 15 atom stereocenters. The van der Waals surface area contributed by atoms with Gasteiger partial charge in [0, 0.05) is 0 Å². The third-order valence-corrected chi connectivity index (χ3v) is 14.5. The number of aliphatic hydroxyl groups is 6. The molecule has 0 radical (unpaired) electrons. The normalized spacial score (nSPS) is 51.5. The predicted octanol–water partition coefficient (Wildman–Crippen LogP) is 4.32. The van der Waals surface area contributed by atoms with E-state index in [1.807, 2.05) is 6.92 Å². The highest BCUT2D eigenvalue weighted by Crippen LogP contribution is 2.76. The third kappa shape index (κ3) is 5.26. The van der Waals surface area contributed by atoms with Gasteiger partial charge in [0.1, 0.15) is 24.4 Å². The second-order valence-corrected chi connectivity index (χ2v) is 17.3. The Balaban J connectivity index is 1.37. The number of allylic oxidation sites excluding steroid dienone is 2. The van der Waals surface area contributed by atoms with E-state index in [4.69, 9.17) is 9.47 Å². The Morgan fingerprint density at radius 2 is 1.55 bits per heavy atom. The minimum atomic E-state index is -1.46. The van der Waals surface area contributed by atoms with Gasteiger partial charge in [-0.3, -0.25) is 0 Å². The summed E-state index contributed by atoms with van der Waals surface area (Å²) in [6.07, 6.45) is 3.15. The Hall–Kier alpha value is -0.580. The SMILES string of the molecule is CC(C)=CCCC(C)(O)[C@H]1CC[C@]2(C)[C@@H]1[C@H](O)C[C@@H]1[C@@]3(C)CC[C@H](O[C@@H]4O[C@H](CO)[C@@H](O)[C@H](O)[C@H]4O)C(C)(C)[C@@H]3CC[C@]12C. The van der Waals surface area contributed by atoms with Crippen LogP contribution in [0.5, 0.6) is 0 Å². The van der Waals surface area contributed by atoms with Gasteiger partial charge in [-0.25, -0.2) is 0 Å². The van der Waals surface area contributed by atoms with Crippen LogP contribution in [0, 0.1) is 45.3 Å². The number of aliphatic hydroxyl groups excluding tert-OH is 5.